The maximum absolute atomic E-state index is 12.2. The number of carboxylic acids is 1. The summed E-state index contributed by atoms with van der Waals surface area (Å²) in [6, 6.07) is 22.8. The van der Waals surface area contributed by atoms with Gasteiger partial charge >= 0.3 is 5.97 Å². The molecule has 2 N–H and O–H groups in total. The number of benzene rings is 3. The van der Waals surface area contributed by atoms with Crippen LogP contribution in [-0.4, -0.2) is 17.0 Å². The van der Waals surface area contributed by atoms with E-state index < -0.39 is 11.9 Å². The summed E-state index contributed by atoms with van der Waals surface area (Å²) in [4.78, 5) is 23.7. The largest absolute Gasteiger partial charge is 0.489 e. The summed E-state index contributed by atoms with van der Waals surface area (Å²) in [6.45, 7) is 0.359. The Morgan fingerprint density at radius 1 is 1.00 bits per heavy atom. The topological polar surface area (TPSA) is 75.6 Å². The molecule has 1 amide bonds. The molecule has 3 rings (SSSR count). The van der Waals surface area contributed by atoms with Crippen LogP contribution in [0.25, 0.3) is 6.08 Å². The van der Waals surface area contributed by atoms with Crippen LogP contribution in [0, 0.1) is 12.3 Å². The molecule has 30 heavy (non-hydrogen) atoms. The lowest BCUT2D eigenvalue weighted by atomic mass is 10.1. The first kappa shape index (κ1) is 20.4. The molecule has 0 aliphatic heterocycles. The van der Waals surface area contributed by atoms with Crippen molar-refractivity contribution in [2.45, 2.75) is 6.61 Å². The number of carbonyl (C=O) groups excluding carboxylic acids is 1. The predicted molar refractivity (Wildman–Crippen MR) is 115 cm³/mol. The molecule has 0 spiro atoms. The van der Waals surface area contributed by atoms with Gasteiger partial charge in [-0.25, -0.2) is 4.79 Å². The molecule has 5 nitrogen and oxygen atoms in total. The van der Waals surface area contributed by atoms with Crippen LogP contribution >= 0.6 is 0 Å². The third-order valence-electron chi connectivity index (χ3n) is 4.20. The molecule has 0 heterocycles. The molecular formula is C25H19NO4. The smallest absolute Gasteiger partial charge is 0.352 e. The van der Waals surface area contributed by atoms with Gasteiger partial charge in [-0.2, -0.15) is 0 Å². The van der Waals surface area contributed by atoms with Crippen molar-refractivity contribution >= 4 is 18.0 Å². The van der Waals surface area contributed by atoms with Crippen molar-refractivity contribution in [3.63, 3.8) is 0 Å². The Hall–Kier alpha value is -4.30. The molecule has 3 aromatic carbocycles. The standard InChI is InChI=1S/C25H19NO4/c1-2-18-7-6-8-20(15-18)17-30-22-13-11-19(12-14-22)16-23(25(28)29)26-24(27)21-9-4-3-5-10-21/h1,3-16H,17H2,(H,26,27)(H,28,29)/b23-16+. The van der Waals surface area contributed by atoms with Crippen LogP contribution in [0.15, 0.2) is 84.6 Å². The summed E-state index contributed by atoms with van der Waals surface area (Å²) in [5.41, 5.74) is 2.51. The van der Waals surface area contributed by atoms with E-state index in [4.69, 9.17) is 11.2 Å². The fraction of sp³-hybridized carbons (Fsp3) is 0.0400. The van der Waals surface area contributed by atoms with Crippen LogP contribution in [0.3, 0.4) is 0 Å². The highest BCUT2D eigenvalue weighted by molar-refractivity contribution is 6.02. The highest BCUT2D eigenvalue weighted by atomic mass is 16.5. The first-order chi connectivity index (χ1) is 14.5. The van der Waals surface area contributed by atoms with Crippen LogP contribution in [0.5, 0.6) is 5.75 Å². The van der Waals surface area contributed by atoms with Crippen molar-refractivity contribution < 1.29 is 19.4 Å². The number of terminal acetylenes is 1. The molecule has 0 fully saturated rings. The Labute approximate surface area is 174 Å². The fourth-order valence-corrected chi connectivity index (χ4v) is 2.68. The maximum atomic E-state index is 12.2. The molecule has 0 bridgehead atoms. The highest BCUT2D eigenvalue weighted by Crippen LogP contribution is 2.16. The third kappa shape index (κ3) is 5.60. The maximum Gasteiger partial charge on any atom is 0.352 e. The van der Waals surface area contributed by atoms with Gasteiger partial charge in [-0.05, 0) is 53.6 Å². The summed E-state index contributed by atoms with van der Waals surface area (Å²) < 4.78 is 5.75. The number of hydrogen-bond donors (Lipinski definition) is 2. The summed E-state index contributed by atoms with van der Waals surface area (Å²) in [7, 11) is 0. The molecule has 148 valence electrons. The lowest BCUT2D eigenvalue weighted by Gasteiger charge is -2.08. The van der Waals surface area contributed by atoms with Crippen LogP contribution in [0.4, 0.5) is 0 Å². The van der Waals surface area contributed by atoms with Crippen molar-refractivity contribution in [2.24, 2.45) is 0 Å². The summed E-state index contributed by atoms with van der Waals surface area (Å²) in [5, 5.41) is 11.8. The number of rotatable bonds is 7. The van der Waals surface area contributed by atoms with Crippen LogP contribution < -0.4 is 10.1 Å². The van der Waals surface area contributed by atoms with Crippen molar-refractivity contribution in [2.75, 3.05) is 0 Å². The Morgan fingerprint density at radius 3 is 2.40 bits per heavy atom. The predicted octanol–water partition coefficient (Wildman–Crippen LogP) is 4.10. The molecule has 0 saturated carbocycles. The van der Waals surface area contributed by atoms with Crippen molar-refractivity contribution in [1.82, 2.24) is 5.32 Å². The molecule has 0 radical (unpaired) electrons. The zero-order chi connectivity index (χ0) is 21.3. The molecule has 0 aromatic heterocycles. The minimum Gasteiger partial charge on any atom is -0.489 e. The number of hydrogen-bond acceptors (Lipinski definition) is 3. The Morgan fingerprint density at radius 2 is 1.73 bits per heavy atom. The van der Waals surface area contributed by atoms with E-state index in [0.717, 1.165) is 11.1 Å². The number of ether oxygens (including phenoxy) is 1. The van der Waals surface area contributed by atoms with Crippen molar-refractivity contribution in [1.29, 1.82) is 0 Å². The minimum atomic E-state index is -1.23. The van der Waals surface area contributed by atoms with Gasteiger partial charge in [0.15, 0.2) is 0 Å². The molecular weight excluding hydrogens is 378 g/mol. The SMILES string of the molecule is C#Cc1cccc(COc2ccc(/C=C(/NC(=O)c3ccccc3)C(=O)O)cc2)c1. The first-order valence-corrected chi connectivity index (χ1v) is 9.15. The number of aliphatic carboxylic acids is 1. The van der Waals surface area contributed by atoms with Gasteiger partial charge in [0, 0.05) is 11.1 Å². The van der Waals surface area contributed by atoms with Crippen LogP contribution in [-0.2, 0) is 11.4 Å². The van der Waals surface area contributed by atoms with E-state index >= 15 is 0 Å². The minimum absolute atomic E-state index is 0.219. The number of carboxylic acid groups (broad SMARTS) is 1. The van der Waals surface area contributed by atoms with E-state index in [9.17, 15) is 14.7 Å². The van der Waals surface area contributed by atoms with Gasteiger partial charge < -0.3 is 15.2 Å². The number of amides is 1. The second-order valence-corrected chi connectivity index (χ2v) is 6.39. The van der Waals surface area contributed by atoms with Crippen molar-refractivity contribution in [3.8, 4) is 18.1 Å². The van der Waals surface area contributed by atoms with E-state index in [-0.39, 0.29) is 5.70 Å². The lowest BCUT2D eigenvalue weighted by Crippen LogP contribution is -2.27. The second kappa shape index (κ2) is 9.76. The third-order valence-corrected chi connectivity index (χ3v) is 4.20. The zero-order valence-corrected chi connectivity index (χ0v) is 16.0. The lowest BCUT2D eigenvalue weighted by molar-refractivity contribution is -0.132. The monoisotopic (exact) mass is 397 g/mol. The Bertz CT molecular complexity index is 1110. The quantitative estimate of drug-likeness (QED) is 0.465. The number of carbonyl (C=O) groups is 2. The zero-order valence-electron chi connectivity index (χ0n) is 16.0. The molecule has 0 unspecified atom stereocenters. The Balaban J connectivity index is 1.67. The van der Waals surface area contributed by atoms with Gasteiger partial charge in [0.1, 0.15) is 18.1 Å². The summed E-state index contributed by atoms with van der Waals surface area (Å²) in [6.07, 6.45) is 6.79. The van der Waals surface area contributed by atoms with Gasteiger partial charge in [-0.15, -0.1) is 6.42 Å². The van der Waals surface area contributed by atoms with E-state index in [2.05, 4.69) is 11.2 Å². The summed E-state index contributed by atoms with van der Waals surface area (Å²) in [5.74, 6) is 1.50. The van der Waals surface area contributed by atoms with Gasteiger partial charge in [-0.1, -0.05) is 48.4 Å². The van der Waals surface area contributed by atoms with Crippen molar-refractivity contribution in [3.05, 3.63) is 107 Å². The average molecular weight is 397 g/mol. The molecule has 0 aliphatic carbocycles. The van der Waals surface area contributed by atoms with Gasteiger partial charge in [0.05, 0.1) is 0 Å². The fourth-order valence-electron chi connectivity index (χ4n) is 2.68. The van der Waals surface area contributed by atoms with Crippen LogP contribution in [0.2, 0.25) is 0 Å². The molecule has 3 aromatic rings. The van der Waals surface area contributed by atoms with Crippen LogP contribution in [0.1, 0.15) is 27.0 Å². The van der Waals surface area contributed by atoms with E-state index in [1.54, 1.807) is 54.6 Å². The molecule has 0 aliphatic rings. The van der Waals surface area contributed by atoms with E-state index in [0.29, 0.717) is 23.5 Å². The Kier molecular flexibility index (Phi) is 6.65. The highest BCUT2D eigenvalue weighted by Gasteiger charge is 2.13. The molecule has 0 saturated heterocycles. The second-order valence-electron chi connectivity index (χ2n) is 6.39. The molecule has 0 atom stereocenters. The first-order valence-electron chi connectivity index (χ1n) is 9.15. The van der Waals surface area contributed by atoms with E-state index in [1.165, 1.54) is 6.08 Å². The number of nitrogens with one attached hydrogen (secondary N) is 1. The van der Waals surface area contributed by atoms with Gasteiger partial charge in [0.25, 0.3) is 5.91 Å². The molecule has 5 heteroatoms. The summed E-state index contributed by atoms with van der Waals surface area (Å²) >= 11 is 0. The van der Waals surface area contributed by atoms with E-state index in [1.807, 2.05) is 24.3 Å². The van der Waals surface area contributed by atoms with Gasteiger partial charge in [-0.3, -0.25) is 4.79 Å². The van der Waals surface area contributed by atoms with Gasteiger partial charge in [0.2, 0.25) is 0 Å². The normalized spacial score (nSPS) is 10.7. The average Bonchev–Trinajstić information content (AvgIpc) is 2.78.